The summed E-state index contributed by atoms with van der Waals surface area (Å²) in [5, 5.41) is 13.8. The molecule has 4 aromatic rings. The van der Waals surface area contributed by atoms with E-state index in [9.17, 15) is 18.3 Å². The fourth-order valence-electron chi connectivity index (χ4n) is 4.22. The summed E-state index contributed by atoms with van der Waals surface area (Å²) in [4.78, 5) is 20.4. The number of aromatic carboxylic acids is 1. The van der Waals surface area contributed by atoms with Crippen molar-refractivity contribution in [3.63, 3.8) is 0 Å². The van der Waals surface area contributed by atoms with Crippen LogP contribution < -0.4 is 10.1 Å². The predicted molar refractivity (Wildman–Crippen MR) is 131 cm³/mol. The molecule has 0 unspecified atom stereocenters. The van der Waals surface area contributed by atoms with E-state index in [1.807, 2.05) is 30.3 Å². The Morgan fingerprint density at radius 3 is 2.74 bits per heavy atom. The Kier molecular flexibility index (Phi) is 5.83. The standard InChI is InChI=1S/C25H22N4O5S/c1-34-23-7-6-19(13-21(23)25(30)31)35(32,33)29-11-9-20-17(15-29)8-10-26-24(20)28-18-12-16-4-2-3-5-22(16)27-14-18/h2-8,10,12-14H,9,11,15H2,1H3,(H,26,28)(H,30,31). The maximum absolute atomic E-state index is 13.3. The van der Waals surface area contributed by atoms with Crippen molar-refractivity contribution in [2.75, 3.05) is 19.0 Å². The van der Waals surface area contributed by atoms with Crippen LogP contribution >= 0.6 is 0 Å². The molecule has 2 aromatic heterocycles. The Hall–Kier alpha value is -4.02. The van der Waals surface area contributed by atoms with Gasteiger partial charge >= 0.3 is 5.97 Å². The number of fused-ring (bicyclic) bond motifs is 2. The van der Waals surface area contributed by atoms with Gasteiger partial charge in [-0.3, -0.25) is 4.98 Å². The molecule has 10 heteroatoms. The van der Waals surface area contributed by atoms with Gasteiger partial charge in [-0.15, -0.1) is 0 Å². The number of nitrogens with zero attached hydrogens (tertiary/aromatic N) is 3. The molecule has 0 atom stereocenters. The van der Waals surface area contributed by atoms with E-state index < -0.39 is 16.0 Å². The van der Waals surface area contributed by atoms with Crippen molar-refractivity contribution in [1.29, 1.82) is 0 Å². The van der Waals surface area contributed by atoms with Gasteiger partial charge in [0.2, 0.25) is 10.0 Å². The highest BCUT2D eigenvalue weighted by Gasteiger charge is 2.31. The molecule has 0 amide bonds. The van der Waals surface area contributed by atoms with Crippen LogP contribution in [-0.4, -0.2) is 47.4 Å². The lowest BCUT2D eigenvalue weighted by molar-refractivity contribution is 0.0693. The first-order chi connectivity index (χ1) is 16.9. The average molecular weight is 491 g/mol. The summed E-state index contributed by atoms with van der Waals surface area (Å²) in [7, 11) is -2.58. The number of aromatic nitrogens is 2. The third kappa shape index (κ3) is 4.29. The molecule has 1 aliphatic rings. The Morgan fingerprint density at radius 1 is 1.11 bits per heavy atom. The number of methoxy groups -OCH3 is 1. The fourth-order valence-corrected chi connectivity index (χ4v) is 5.66. The van der Waals surface area contributed by atoms with Crippen LogP contribution in [0.1, 0.15) is 21.5 Å². The molecule has 2 N–H and O–H groups in total. The van der Waals surface area contributed by atoms with Gasteiger partial charge < -0.3 is 15.2 Å². The Balaban J connectivity index is 1.42. The Labute approximate surface area is 202 Å². The van der Waals surface area contributed by atoms with Gasteiger partial charge in [-0.05, 0) is 48.4 Å². The van der Waals surface area contributed by atoms with E-state index in [2.05, 4.69) is 15.3 Å². The van der Waals surface area contributed by atoms with E-state index >= 15 is 0 Å². The van der Waals surface area contributed by atoms with Crippen molar-refractivity contribution in [3.8, 4) is 5.75 Å². The lowest BCUT2D eigenvalue weighted by Gasteiger charge is -2.29. The molecular weight excluding hydrogens is 468 g/mol. The highest BCUT2D eigenvalue weighted by atomic mass is 32.2. The monoisotopic (exact) mass is 490 g/mol. The van der Waals surface area contributed by atoms with Gasteiger partial charge in [0, 0.05) is 30.2 Å². The van der Waals surface area contributed by atoms with Crippen molar-refractivity contribution in [2.45, 2.75) is 17.9 Å². The van der Waals surface area contributed by atoms with Crippen LogP contribution in [0, 0.1) is 0 Å². The molecule has 0 aliphatic carbocycles. The summed E-state index contributed by atoms with van der Waals surface area (Å²) in [5.41, 5.74) is 3.25. The zero-order chi connectivity index (χ0) is 24.6. The molecule has 0 bridgehead atoms. The van der Waals surface area contributed by atoms with E-state index in [4.69, 9.17) is 4.74 Å². The van der Waals surface area contributed by atoms with Crippen LogP contribution in [0.25, 0.3) is 10.9 Å². The lowest BCUT2D eigenvalue weighted by atomic mass is 10.0. The lowest BCUT2D eigenvalue weighted by Crippen LogP contribution is -2.36. The fraction of sp³-hybridized carbons (Fsp3) is 0.160. The van der Waals surface area contributed by atoms with Gasteiger partial charge in [0.15, 0.2) is 0 Å². The minimum absolute atomic E-state index is 0.0891. The van der Waals surface area contributed by atoms with Crippen LogP contribution in [0.4, 0.5) is 11.5 Å². The second-order valence-electron chi connectivity index (χ2n) is 8.09. The minimum Gasteiger partial charge on any atom is -0.496 e. The number of ether oxygens (including phenoxy) is 1. The number of hydrogen-bond donors (Lipinski definition) is 2. The van der Waals surface area contributed by atoms with Gasteiger partial charge in [-0.2, -0.15) is 4.31 Å². The zero-order valence-electron chi connectivity index (χ0n) is 18.8. The molecule has 0 saturated carbocycles. The highest BCUT2D eigenvalue weighted by Crippen LogP contribution is 2.31. The molecule has 0 fully saturated rings. The first kappa shape index (κ1) is 22.8. The number of nitrogens with one attached hydrogen (secondary N) is 1. The minimum atomic E-state index is -3.92. The summed E-state index contributed by atoms with van der Waals surface area (Å²) >= 11 is 0. The van der Waals surface area contributed by atoms with E-state index in [-0.39, 0.29) is 29.3 Å². The van der Waals surface area contributed by atoms with Crippen LogP contribution in [0.5, 0.6) is 5.75 Å². The summed E-state index contributed by atoms with van der Waals surface area (Å²) in [6.07, 6.45) is 3.84. The molecule has 0 saturated heterocycles. The maximum Gasteiger partial charge on any atom is 0.339 e. The van der Waals surface area contributed by atoms with Gasteiger partial charge in [0.25, 0.3) is 0 Å². The van der Waals surface area contributed by atoms with Gasteiger partial charge in [-0.1, -0.05) is 18.2 Å². The van der Waals surface area contributed by atoms with E-state index in [0.717, 1.165) is 33.8 Å². The first-order valence-electron chi connectivity index (χ1n) is 10.9. The number of rotatable bonds is 6. The molecule has 9 nitrogen and oxygen atoms in total. The third-order valence-corrected chi connectivity index (χ3v) is 7.84. The summed E-state index contributed by atoms with van der Waals surface area (Å²) in [6.45, 7) is 0.388. The number of benzene rings is 2. The van der Waals surface area contributed by atoms with Crippen molar-refractivity contribution >= 4 is 38.4 Å². The van der Waals surface area contributed by atoms with Crippen molar-refractivity contribution in [1.82, 2.24) is 14.3 Å². The Bertz CT molecular complexity index is 1560. The molecule has 35 heavy (non-hydrogen) atoms. The molecular formula is C25H22N4O5S. The number of pyridine rings is 2. The second kappa shape index (κ2) is 8.97. The third-order valence-electron chi connectivity index (χ3n) is 6.00. The normalized spacial score (nSPS) is 13.9. The molecule has 3 heterocycles. The van der Waals surface area contributed by atoms with Gasteiger partial charge in [-0.25, -0.2) is 18.2 Å². The summed E-state index contributed by atoms with van der Waals surface area (Å²) < 4.78 is 33.0. The molecule has 2 aromatic carbocycles. The second-order valence-corrected chi connectivity index (χ2v) is 10.0. The van der Waals surface area contributed by atoms with Crippen LogP contribution in [0.2, 0.25) is 0 Å². The molecule has 1 aliphatic heterocycles. The zero-order valence-corrected chi connectivity index (χ0v) is 19.6. The van der Waals surface area contributed by atoms with Gasteiger partial charge in [0.05, 0.1) is 29.4 Å². The van der Waals surface area contributed by atoms with Crippen molar-refractivity contribution < 1.29 is 23.1 Å². The van der Waals surface area contributed by atoms with Crippen LogP contribution in [0.15, 0.2) is 71.9 Å². The number of anilines is 2. The van der Waals surface area contributed by atoms with Crippen LogP contribution in [0.3, 0.4) is 0 Å². The summed E-state index contributed by atoms with van der Waals surface area (Å²) in [6, 6.07) is 15.5. The quantitative estimate of drug-likeness (QED) is 0.418. The number of carboxylic acids is 1. The van der Waals surface area contributed by atoms with Gasteiger partial charge in [0.1, 0.15) is 17.1 Å². The molecule has 0 radical (unpaired) electrons. The number of carbonyl (C=O) groups is 1. The van der Waals surface area contributed by atoms with E-state index in [1.54, 1.807) is 18.5 Å². The first-order valence-corrected chi connectivity index (χ1v) is 12.3. The highest BCUT2D eigenvalue weighted by molar-refractivity contribution is 7.89. The smallest absolute Gasteiger partial charge is 0.339 e. The number of para-hydroxylation sites is 1. The topological polar surface area (TPSA) is 122 Å². The largest absolute Gasteiger partial charge is 0.496 e. The maximum atomic E-state index is 13.3. The van der Waals surface area contributed by atoms with Crippen molar-refractivity contribution in [2.24, 2.45) is 0 Å². The summed E-state index contributed by atoms with van der Waals surface area (Å²) in [5.74, 6) is -0.493. The molecule has 178 valence electrons. The number of hydrogen-bond acceptors (Lipinski definition) is 7. The van der Waals surface area contributed by atoms with E-state index in [1.165, 1.54) is 23.5 Å². The number of sulfonamides is 1. The average Bonchev–Trinajstić information content (AvgIpc) is 2.88. The molecule has 5 rings (SSSR count). The predicted octanol–water partition coefficient (Wildman–Crippen LogP) is 3.83. The SMILES string of the molecule is COc1ccc(S(=O)(=O)N2CCc3c(ccnc3Nc3cnc4ccccc4c3)C2)cc1C(=O)O. The van der Waals surface area contributed by atoms with Crippen LogP contribution in [-0.2, 0) is 23.0 Å². The van der Waals surface area contributed by atoms with Crippen molar-refractivity contribution in [3.05, 3.63) is 83.7 Å². The Morgan fingerprint density at radius 2 is 1.94 bits per heavy atom. The van der Waals surface area contributed by atoms with E-state index in [0.29, 0.717) is 12.2 Å². The number of carboxylic acid groups (broad SMARTS) is 1. The molecule has 0 spiro atoms.